The second-order valence-corrected chi connectivity index (χ2v) is 6.83. The minimum absolute atomic E-state index is 0.287. The molecular weight excluding hydrogens is 378 g/mol. The molecule has 1 N–H and O–H groups in total. The Balaban J connectivity index is 1.42. The van der Waals surface area contributed by atoms with Gasteiger partial charge in [0.25, 0.3) is 5.91 Å². The van der Waals surface area contributed by atoms with Gasteiger partial charge in [0.2, 0.25) is 0 Å². The summed E-state index contributed by atoms with van der Waals surface area (Å²) in [5, 5.41) is 4.00. The number of nitrogens with one attached hydrogen (secondary N) is 1. The Morgan fingerprint density at radius 3 is 2.63 bits per heavy atom. The Kier molecular flexibility index (Phi) is 7.55. The number of amides is 1. The molecular formula is C24H25N3O3. The number of pyridine rings is 1. The van der Waals surface area contributed by atoms with Crippen LogP contribution >= 0.6 is 0 Å². The van der Waals surface area contributed by atoms with Gasteiger partial charge in [-0.05, 0) is 55.3 Å². The van der Waals surface area contributed by atoms with Crippen molar-refractivity contribution in [1.29, 1.82) is 0 Å². The summed E-state index contributed by atoms with van der Waals surface area (Å²) in [7, 11) is 0. The minimum Gasteiger partial charge on any atom is -0.493 e. The number of aryl methyl sites for hydroxylation is 2. The third kappa shape index (κ3) is 6.44. The third-order valence-electron chi connectivity index (χ3n) is 4.33. The van der Waals surface area contributed by atoms with E-state index in [0.717, 1.165) is 29.0 Å². The third-order valence-corrected chi connectivity index (χ3v) is 4.33. The highest BCUT2D eigenvalue weighted by atomic mass is 16.5. The molecule has 6 heteroatoms. The molecule has 154 valence electrons. The number of hydrazone groups is 1. The summed E-state index contributed by atoms with van der Waals surface area (Å²) in [5.74, 6) is 1.36. The van der Waals surface area contributed by atoms with Gasteiger partial charge in [0.15, 0.2) is 0 Å². The lowest BCUT2D eigenvalue weighted by Crippen LogP contribution is -2.17. The molecule has 0 saturated carbocycles. The summed E-state index contributed by atoms with van der Waals surface area (Å²) in [6, 6.07) is 16.9. The zero-order valence-electron chi connectivity index (χ0n) is 17.2. The Morgan fingerprint density at radius 2 is 1.83 bits per heavy atom. The molecule has 30 heavy (non-hydrogen) atoms. The molecule has 0 fully saturated rings. The molecule has 2 aromatic carbocycles. The number of nitrogens with zero attached hydrogens (tertiary/aromatic N) is 2. The minimum atomic E-state index is -0.287. The number of rotatable bonds is 9. The molecule has 6 nitrogen and oxygen atoms in total. The summed E-state index contributed by atoms with van der Waals surface area (Å²) in [5.41, 5.74) is 6.19. The van der Waals surface area contributed by atoms with Crippen molar-refractivity contribution in [1.82, 2.24) is 10.4 Å². The van der Waals surface area contributed by atoms with Gasteiger partial charge in [0.05, 0.1) is 19.4 Å². The first-order chi connectivity index (χ1) is 14.6. The fraction of sp³-hybridized carbons (Fsp3) is 0.208. The highest BCUT2D eigenvalue weighted by Gasteiger charge is 2.03. The van der Waals surface area contributed by atoms with Crippen molar-refractivity contribution in [2.45, 2.75) is 20.3 Å². The van der Waals surface area contributed by atoms with Gasteiger partial charge in [-0.1, -0.05) is 29.8 Å². The van der Waals surface area contributed by atoms with Crippen molar-refractivity contribution < 1.29 is 14.3 Å². The molecule has 1 aromatic heterocycles. The summed E-state index contributed by atoms with van der Waals surface area (Å²) in [6.07, 6.45) is 5.47. The monoisotopic (exact) mass is 403 g/mol. The van der Waals surface area contributed by atoms with Crippen LogP contribution in [0, 0.1) is 13.8 Å². The Morgan fingerprint density at radius 1 is 1.03 bits per heavy atom. The smallest absolute Gasteiger partial charge is 0.271 e. The Hall–Kier alpha value is -3.67. The van der Waals surface area contributed by atoms with E-state index in [1.807, 2.05) is 43.3 Å². The molecule has 0 unspecified atom stereocenters. The number of carbonyl (C=O) groups is 1. The maximum absolute atomic E-state index is 12.0. The van der Waals surface area contributed by atoms with Crippen LogP contribution in [0.2, 0.25) is 0 Å². The van der Waals surface area contributed by atoms with Crippen LogP contribution in [0.4, 0.5) is 0 Å². The lowest BCUT2D eigenvalue weighted by molar-refractivity contribution is 0.0955. The van der Waals surface area contributed by atoms with E-state index in [-0.39, 0.29) is 5.91 Å². The van der Waals surface area contributed by atoms with Crippen molar-refractivity contribution in [3.63, 3.8) is 0 Å². The van der Waals surface area contributed by atoms with E-state index in [2.05, 4.69) is 28.5 Å². The second-order valence-electron chi connectivity index (χ2n) is 6.83. The summed E-state index contributed by atoms with van der Waals surface area (Å²) < 4.78 is 11.6. The van der Waals surface area contributed by atoms with Gasteiger partial charge < -0.3 is 9.47 Å². The maximum Gasteiger partial charge on any atom is 0.271 e. The standard InChI is InChI=1S/C24H25N3O3/c1-18-7-8-23(19(2)15-18)30-14-4-13-29-22-6-3-5-20(16-22)17-26-27-24(28)21-9-11-25-12-10-21/h3,5-12,15-17H,4,13-14H2,1-2H3,(H,27,28)/b26-17+. The van der Waals surface area contributed by atoms with E-state index in [1.165, 1.54) is 5.56 Å². The first-order valence-corrected chi connectivity index (χ1v) is 9.78. The highest BCUT2D eigenvalue weighted by molar-refractivity contribution is 5.94. The predicted molar refractivity (Wildman–Crippen MR) is 117 cm³/mol. The van der Waals surface area contributed by atoms with Crippen molar-refractivity contribution in [3.8, 4) is 11.5 Å². The first-order valence-electron chi connectivity index (χ1n) is 9.78. The normalized spacial score (nSPS) is 10.7. The second kappa shape index (κ2) is 10.8. The number of ether oxygens (including phenoxy) is 2. The van der Waals surface area contributed by atoms with Gasteiger partial charge in [-0.2, -0.15) is 5.10 Å². The van der Waals surface area contributed by atoms with Crippen molar-refractivity contribution in [2.24, 2.45) is 5.10 Å². The quantitative estimate of drug-likeness (QED) is 0.328. The average Bonchev–Trinajstić information content (AvgIpc) is 2.76. The zero-order chi connectivity index (χ0) is 21.2. The molecule has 0 saturated heterocycles. The molecule has 3 aromatic rings. The number of aromatic nitrogens is 1. The molecule has 0 atom stereocenters. The van der Waals surface area contributed by atoms with Crippen molar-refractivity contribution in [3.05, 3.63) is 89.2 Å². The van der Waals surface area contributed by atoms with Gasteiger partial charge >= 0.3 is 0 Å². The van der Waals surface area contributed by atoms with E-state index in [9.17, 15) is 4.79 Å². The van der Waals surface area contributed by atoms with Crippen LogP contribution in [0.15, 0.2) is 72.1 Å². The fourth-order valence-electron chi connectivity index (χ4n) is 2.81. The summed E-state index contributed by atoms with van der Waals surface area (Å²) >= 11 is 0. The average molecular weight is 403 g/mol. The molecule has 0 spiro atoms. The SMILES string of the molecule is Cc1ccc(OCCCOc2cccc(/C=N/NC(=O)c3ccncc3)c2)c(C)c1. The van der Waals surface area contributed by atoms with E-state index in [4.69, 9.17) is 9.47 Å². The van der Waals surface area contributed by atoms with Crippen molar-refractivity contribution >= 4 is 12.1 Å². The molecule has 0 aliphatic heterocycles. The predicted octanol–water partition coefficient (Wildman–Crippen LogP) is 4.31. The lowest BCUT2D eigenvalue weighted by atomic mass is 10.1. The largest absolute Gasteiger partial charge is 0.493 e. The molecule has 1 amide bonds. The Bertz CT molecular complexity index is 1000. The van der Waals surface area contributed by atoms with E-state index in [1.54, 1.807) is 30.7 Å². The molecule has 0 radical (unpaired) electrons. The highest BCUT2D eigenvalue weighted by Crippen LogP contribution is 2.19. The van der Waals surface area contributed by atoms with Gasteiger partial charge in [-0.25, -0.2) is 5.43 Å². The van der Waals surface area contributed by atoms with Crippen LogP contribution in [0.25, 0.3) is 0 Å². The van der Waals surface area contributed by atoms with Crippen LogP contribution in [0.1, 0.15) is 33.5 Å². The van der Waals surface area contributed by atoms with Crippen LogP contribution in [0.3, 0.4) is 0 Å². The molecule has 0 aliphatic carbocycles. The van der Waals surface area contributed by atoms with Crippen LogP contribution in [-0.2, 0) is 0 Å². The number of carbonyl (C=O) groups excluding carboxylic acids is 1. The first kappa shape index (κ1) is 21.0. The van der Waals surface area contributed by atoms with Crippen molar-refractivity contribution in [2.75, 3.05) is 13.2 Å². The van der Waals surface area contributed by atoms with E-state index in [0.29, 0.717) is 18.8 Å². The molecule has 1 heterocycles. The van der Waals surface area contributed by atoms with Gasteiger partial charge in [0, 0.05) is 24.4 Å². The van der Waals surface area contributed by atoms with Gasteiger partial charge in [-0.15, -0.1) is 0 Å². The number of benzene rings is 2. The summed E-state index contributed by atoms with van der Waals surface area (Å²) in [4.78, 5) is 15.8. The fourth-order valence-corrected chi connectivity index (χ4v) is 2.81. The number of hydrogen-bond donors (Lipinski definition) is 1. The zero-order valence-corrected chi connectivity index (χ0v) is 17.2. The van der Waals surface area contributed by atoms with Crippen LogP contribution in [-0.4, -0.2) is 30.3 Å². The lowest BCUT2D eigenvalue weighted by Gasteiger charge is -2.10. The van der Waals surface area contributed by atoms with Crippen LogP contribution < -0.4 is 14.9 Å². The van der Waals surface area contributed by atoms with Crippen LogP contribution in [0.5, 0.6) is 11.5 Å². The topological polar surface area (TPSA) is 72.8 Å². The van der Waals surface area contributed by atoms with Gasteiger partial charge in [0.1, 0.15) is 11.5 Å². The molecule has 0 bridgehead atoms. The van der Waals surface area contributed by atoms with E-state index < -0.39 is 0 Å². The maximum atomic E-state index is 12.0. The van der Waals surface area contributed by atoms with E-state index >= 15 is 0 Å². The molecule has 3 rings (SSSR count). The number of hydrogen-bond acceptors (Lipinski definition) is 5. The molecule has 0 aliphatic rings. The van der Waals surface area contributed by atoms with Gasteiger partial charge in [-0.3, -0.25) is 9.78 Å². The summed E-state index contributed by atoms with van der Waals surface area (Å²) in [6.45, 7) is 5.25. The Labute approximate surface area is 176 Å².